The lowest BCUT2D eigenvalue weighted by atomic mass is 9.79. The van der Waals surface area contributed by atoms with Crippen LogP contribution in [0.15, 0.2) is 6.07 Å². The molecule has 5 nitrogen and oxygen atoms in total. The van der Waals surface area contributed by atoms with Crippen LogP contribution in [-0.4, -0.2) is 31.9 Å². The van der Waals surface area contributed by atoms with Gasteiger partial charge in [0.1, 0.15) is 23.4 Å². The molecule has 2 aromatic carbocycles. The quantitative estimate of drug-likeness (QED) is 0.782. The minimum atomic E-state index is -0.551. The van der Waals surface area contributed by atoms with Crippen molar-refractivity contribution >= 4 is 22.3 Å². The summed E-state index contributed by atoms with van der Waals surface area (Å²) in [6, 6.07) is 1.80. The molecule has 2 aromatic rings. The zero-order valence-corrected chi connectivity index (χ0v) is 15.2. The fraction of sp³-hybridized carbons (Fsp3) is 0.400. The summed E-state index contributed by atoms with van der Waals surface area (Å²) < 4.78 is 17.2. The number of benzene rings is 2. The molecular formula is C20H20O5. The molecule has 0 unspecified atom stereocenters. The molecule has 0 saturated heterocycles. The Balaban J connectivity index is 2.31. The molecule has 0 spiro atoms. The summed E-state index contributed by atoms with van der Waals surface area (Å²) in [5.74, 6) is 0.469. The Bertz CT molecular complexity index is 984. The van der Waals surface area contributed by atoms with Crippen LogP contribution in [0.5, 0.6) is 17.2 Å². The number of ether oxygens (including phenoxy) is 3. The molecule has 0 saturated carbocycles. The summed E-state index contributed by atoms with van der Waals surface area (Å²) in [6.45, 7) is 8.06. The van der Waals surface area contributed by atoms with E-state index in [4.69, 9.17) is 14.2 Å². The van der Waals surface area contributed by atoms with Crippen LogP contribution >= 0.6 is 0 Å². The number of carbonyl (C=O) groups is 2. The smallest absolute Gasteiger partial charge is 0.238 e. The Morgan fingerprint density at radius 2 is 1.68 bits per heavy atom. The van der Waals surface area contributed by atoms with E-state index in [1.807, 2.05) is 13.8 Å². The summed E-state index contributed by atoms with van der Waals surface area (Å²) in [5.41, 5.74) is 2.06. The summed E-state index contributed by atoms with van der Waals surface area (Å²) in [5, 5.41) is 1.39. The highest BCUT2D eigenvalue weighted by molar-refractivity contribution is 6.58. The third kappa shape index (κ3) is 1.68. The van der Waals surface area contributed by atoms with Gasteiger partial charge in [0.05, 0.1) is 25.3 Å². The highest BCUT2D eigenvalue weighted by Crippen LogP contribution is 2.56. The number of rotatable bonds is 2. The maximum atomic E-state index is 12.8. The summed E-state index contributed by atoms with van der Waals surface area (Å²) in [6.07, 6.45) is -0.0787. The number of carbonyl (C=O) groups excluding carboxylic acids is 2. The van der Waals surface area contributed by atoms with E-state index in [2.05, 4.69) is 13.8 Å². The van der Waals surface area contributed by atoms with Crippen molar-refractivity contribution in [2.75, 3.05) is 14.2 Å². The van der Waals surface area contributed by atoms with Gasteiger partial charge in [0.15, 0.2) is 0 Å². The van der Waals surface area contributed by atoms with Crippen molar-refractivity contribution in [2.45, 2.75) is 39.2 Å². The third-order valence-electron chi connectivity index (χ3n) is 5.69. The minimum absolute atomic E-state index is 0.0787. The van der Waals surface area contributed by atoms with Gasteiger partial charge in [-0.2, -0.15) is 0 Å². The molecule has 4 rings (SSSR count). The molecule has 1 aliphatic heterocycles. The van der Waals surface area contributed by atoms with Crippen molar-refractivity contribution in [1.82, 2.24) is 0 Å². The van der Waals surface area contributed by atoms with Gasteiger partial charge in [-0.1, -0.05) is 13.8 Å². The third-order valence-corrected chi connectivity index (χ3v) is 5.69. The maximum Gasteiger partial charge on any atom is 0.238 e. The summed E-state index contributed by atoms with van der Waals surface area (Å²) in [4.78, 5) is 25.5. The van der Waals surface area contributed by atoms with E-state index in [9.17, 15) is 9.59 Å². The first-order valence-electron chi connectivity index (χ1n) is 8.27. The molecule has 5 heteroatoms. The Morgan fingerprint density at radius 1 is 1.04 bits per heavy atom. The van der Waals surface area contributed by atoms with Crippen molar-refractivity contribution in [3.8, 4) is 17.2 Å². The van der Waals surface area contributed by atoms with Crippen LogP contribution in [0, 0.1) is 6.92 Å². The van der Waals surface area contributed by atoms with E-state index in [1.54, 1.807) is 6.07 Å². The van der Waals surface area contributed by atoms with Crippen molar-refractivity contribution < 1.29 is 23.8 Å². The van der Waals surface area contributed by atoms with Gasteiger partial charge in [0.25, 0.3) is 0 Å². The largest absolute Gasteiger partial charge is 0.496 e. The normalized spacial score (nSPS) is 20.0. The monoisotopic (exact) mass is 340 g/mol. The van der Waals surface area contributed by atoms with E-state index >= 15 is 0 Å². The second-order valence-electron chi connectivity index (χ2n) is 7.27. The van der Waals surface area contributed by atoms with Crippen LogP contribution in [-0.2, 0) is 5.41 Å². The van der Waals surface area contributed by atoms with Gasteiger partial charge < -0.3 is 14.2 Å². The zero-order valence-electron chi connectivity index (χ0n) is 15.2. The van der Waals surface area contributed by atoms with Gasteiger partial charge >= 0.3 is 0 Å². The van der Waals surface area contributed by atoms with Crippen LogP contribution in [0.25, 0.3) is 10.8 Å². The van der Waals surface area contributed by atoms with Crippen molar-refractivity contribution in [3.63, 3.8) is 0 Å². The zero-order chi connectivity index (χ0) is 18.3. The number of Topliss-reactive ketones (excluding diaryl/α,β-unsaturated/α-hetero) is 2. The van der Waals surface area contributed by atoms with Crippen LogP contribution in [0.2, 0.25) is 0 Å². The fourth-order valence-corrected chi connectivity index (χ4v) is 4.06. The Labute approximate surface area is 145 Å². The number of fused-ring (bicyclic) bond motifs is 2. The predicted octanol–water partition coefficient (Wildman–Crippen LogP) is 3.60. The SMILES string of the molecule is COc1cc(C)c2c3c(c(OC)c4c2c1C(=O)C4=O)C(C)(C)[C@H](C)O3. The predicted molar refractivity (Wildman–Crippen MR) is 93.6 cm³/mol. The molecule has 1 atom stereocenters. The average Bonchev–Trinajstić information content (AvgIpc) is 2.96. The number of hydrogen-bond donors (Lipinski definition) is 0. The lowest BCUT2D eigenvalue weighted by Gasteiger charge is -2.24. The summed E-state index contributed by atoms with van der Waals surface area (Å²) >= 11 is 0. The molecular weight excluding hydrogens is 320 g/mol. The van der Waals surface area contributed by atoms with Crippen LogP contribution in [0.3, 0.4) is 0 Å². The van der Waals surface area contributed by atoms with Crippen LogP contribution in [0.4, 0.5) is 0 Å². The standard InChI is InChI=1S/C20H20O5/c1-8-7-10(23-5)12-13-11(8)19-15(20(3,4)9(2)25-19)18(24-6)14(13)17(22)16(12)21/h7,9H,1-6H3/t9-/m0/s1. The summed E-state index contributed by atoms with van der Waals surface area (Å²) in [7, 11) is 3.03. The van der Waals surface area contributed by atoms with Crippen molar-refractivity contribution in [1.29, 1.82) is 0 Å². The number of ketones is 2. The molecule has 0 N–H and O–H groups in total. The van der Waals surface area contributed by atoms with Gasteiger partial charge in [-0.3, -0.25) is 9.59 Å². The van der Waals surface area contributed by atoms with E-state index in [1.165, 1.54) is 14.2 Å². The lowest BCUT2D eigenvalue weighted by Crippen LogP contribution is -2.29. The molecule has 1 aliphatic carbocycles. The molecule has 0 radical (unpaired) electrons. The highest BCUT2D eigenvalue weighted by Gasteiger charge is 2.48. The average molecular weight is 340 g/mol. The molecule has 0 bridgehead atoms. The number of aryl methyl sites for hydroxylation is 1. The first kappa shape index (κ1) is 15.9. The van der Waals surface area contributed by atoms with E-state index in [0.29, 0.717) is 33.8 Å². The highest BCUT2D eigenvalue weighted by atomic mass is 16.5. The first-order chi connectivity index (χ1) is 11.8. The second-order valence-corrected chi connectivity index (χ2v) is 7.27. The van der Waals surface area contributed by atoms with Crippen LogP contribution in [0.1, 0.15) is 52.6 Å². The number of methoxy groups -OCH3 is 2. The van der Waals surface area contributed by atoms with Gasteiger partial charge in [-0.05, 0) is 25.5 Å². The second kappa shape index (κ2) is 4.75. The molecule has 1 heterocycles. The minimum Gasteiger partial charge on any atom is -0.496 e. The first-order valence-corrected chi connectivity index (χ1v) is 8.27. The maximum absolute atomic E-state index is 12.8. The van der Waals surface area contributed by atoms with Gasteiger partial charge in [0.2, 0.25) is 11.6 Å². The molecule has 0 amide bonds. The van der Waals surface area contributed by atoms with Gasteiger partial charge in [-0.25, -0.2) is 0 Å². The van der Waals surface area contributed by atoms with Crippen LogP contribution < -0.4 is 14.2 Å². The Morgan fingerprint density at radius 3 is 2.28 bits per heavy atom. The molecule has 0 fully saturated rings. The molecule has 130 valence electrons. The van der Waals surface area contributed by atoms with E-state index in [-0.39, 0.29) is 11.5 Å². The van der Waals surface area contributed by atoms with Gasteiger partial charge in [0, 0.05) is 21.8 Å². The molecule has 0 aromatic heterocycles. The van der Waals surface area contributed by atoms with Crippen molar-refractivity contribution in [2.24, 2.45) is 0 Å². The topological polar surface area (TPSA) is 61.8 Å². The van der Waals surface area contributed by atoms with E-state index < -0.39 is 11.6 Å². The van der Waals surface area contributed by atoms with E-state index in [0.717, 1.165) is 16.5 Å². The fourth-order valence-electron chi connectivity index (χ4n) is 4.06. The van der Waals surface area contributed by atoms with Crippen molar-refractivity contribution in [3.05, 3.63) is 28.3 Å². The lowest BCUT2D eigenvalue weighted by molar-refractivity contribution is 0.0822. The Hall–Kier alpha value is -2.56. The molecule has 25 heavy (non-hydrogen) atoms. The van der Waals surface area contributed by atoms with Gasteiger partial charge in [-0.15, -0.1) is 0 Å². The number of hydrogen-bond acceptors (Lipinski definition) is 5. The molecule has 2 aliphatic rings. The Kier molecular flexibility index (Phi) is 3.03.